The van der Waals surface area contributed by atoms with Crippen LogP contribution < -0.4 is 4.72 Å². The first-order chi connectivity index (χ1) is 5.08. The molecule has 0 unspecified atom stereocenters. The molecule has 1 fully saturated rings. The predicted octanol–water partition coefficient (Wildman–Crippen LogP) is -0.0651. The van der Waals surface area contributed by atoms with Crippen molar-refractivity contribution in [3.8, 4) is 0 Å². The summed E-state index contributed by atoms with van der Waals surface area (Å²) in [5.74, 6) is 0. The van der Waals surface area contributed by atoms with Crippen LogP contribution in [0.1, 0.15) is 19.8 Å². The van der Waals surface area contributed by atoms with Crippen molar-refractivity contribution >= 4 is 10.2 Å². The minimum Gasteiger partial charge on any atom is -0.202 e. The molecule has 1 N–H and O–H groups in total. The Kier molecular flexibility index (Phi) is 2.51. The lowest BCUT2D eigenvalue weighted by atomic mass is 10.7. The molecule has 1 aliphatic carbocycles. The van der Waals surface area contributed by atoms with Crippen molar-refractivity contribution in [1.82, 2.24) is 9.03 Å². The zero-order valence-electron chi connectivity index (χ0n) is 6.87. The van der Waals surface area contributed by atoms with Crippen molar-refractivity contribution in [3.63, 3.8) is 0 Å². The van der Waals surface area contributed by atoms with Crippen LogP contribution in [0.5, 0.6) is 0 Å². The van der Waals surface area contributed by atoms with Crippen LogP contribution in [0.25, 0.3) is 0 Å². The van der Waals surface area contributed by atoms with Gasteiger partial charge in [-0.2, -0.15) is 12.7 Å². The Morgan fingerprint density at radius 2 is 2.09 bits per heavy atom. The summed E-state index contributed by atoms with van der Waals surface area (Å²) in [6, 6.07) is 0.249. The normalized spacial score (nSPS) is 19.2. The van der Waals surface area contributed by atoms with E-state index in [4.69, 9.17) is 0 Å². The molecule has 0 atom stereocenters. The molecule has 4 nitrogen and oxygen atoms in total. The largest absolute Gasteiger partial charge is 0.279 e. The van der Waals surface area contributed by atoms with Crippen molar-refractivity contribution in [3.05, 3.63) is 0 Å². The third-order valence-electron chi connectivity index (χ3n) is 1.77. The third kappa shape index (κ3) is 2.15. The highest BCUT2D eigenvalue weighted by Crippen LogP contribution is 2.26. The van der Waals surface area contributed by atoms with Crippen LogP contribution in [0.15, 0.2) is 0 Å². The van der Waals surface area contributed by atoms with E-state index in [9.17, 15) is 8.42 Å². The molecular weight excluding hydrogens is 164 g/mol. The van der Waals surface area contributed by atoms with E-state index in [2.05, 4.69) is 4.72 Å². The summed E-state index contributed by atoms with van der Waals surface area (Å²) in [4.78, 5) is 0. The number of hydrogen-bond donors (Lipinski definition) is 1. The van der Waals surface area contributed by atoms with E-state index in [1.807, 2.05) is 0 Å². The summed E-state index contributed by atoms with van der Waals surface area (Å²) in [6.45, 7) is 2.23. The number of hydrogen-bond acceptors (Lipinski definition) is 2. The molecule has 0 aromatic rings. The molecule has 0 spiro atoms. The molecule has 0 saturated heterocycles. The van der Waals surface area contributed by atoms with Gasteiger partial charge in [-0.3, -0.25) is 0 Å². The number of nitrogens with zero attached hydrogens (tertiary/aromatic N) is 1. The van der Waals surface area contributed by atoms with Gasteiger partial charge in [-0.15, -0.1) is 0 Å². The van der Waals surface area contributed by atoms with Gasteiger partial charge in [-0.05, 0) is 12.8 Å². The Morgan fingerprint density at radius 3 is 2.45 bits per heavy atom. The maximum Gasteiger partial charge on any atom is 0.279 e. The predicted molar refractivity (Wildman–Crippen MR) is 43.4 cm³/mol. The third-order valence-corrected chi connectivity index (χ3v) is 3.48. The van der Waals surface area contributed by atoms with Crippen molar-refractivity contribution in [2.24, 2.45) is 0 Å². The summed E-state index contributed by atoms with van der Waals surface area (Å²) in [5.41, 5.74) is 0. The van der Waals surface area contributed by atoms with Crippen molar-refractivity contribution in [2.45, 2.75) is 25.8 Å². The summed E-state index contributed by atoms with van der Waals surface area (Å²) >= 11 is 0. The minimum absolute atomic E-state index is 0.249. The summed E-state index contributed by atoms with van der Waals surface area (Å²) in [6.07, 6.45) is 2.00. The van der Waals surface area contributed by atoms with Gasteiger partial charge in [0.2, 0.25) is 0 Å². The van der Waals surface area contributed by atoms with Crippen LogP contribution in [0, 0.1) is 0 Å². The summed E-state index contributed by atoms with van der Waals surface area (Å²) < 4.78 is 26.3. The van der Waals surface area contributed by atoms with Gasteiger partial charge >= 0.3 is 0 Å². The van der Waals surface area contributed by atoms with E-state index in [-0.39, 0.29) is 6.04 Å². The van der Waals surface area contributed by atoms with Gasteiger partial charge in [-0.25, -0.2) is 4.72 Å². The first-order valence-electron chi connectivity index (χ1n) is 3.80. The van der Waals surface area contributed by atoms with Crippen LogP contribution in [0.2, 0.25) is 0 Å². The average Bonchev–Trinajstić information content (AvgIpc) is 2.67. The van der Waals surface area contributed by atoms with E-state index < -0.39 is 10.2 Å². The average molecular weight is 178 g/mol. The van der Waals surface area contributed by atoms with Crippen LogP contribution in [-0.4, -0.2) is 32.4 Å². The lowest BCUT2D eigenvalue weighted by Crippen LogP contribution is -2.39. The molecular formula is C6H14N2O2S. The molecule has 1 rings (SSSR count). The van der Waals surface area contributed by atoms with Crippen molar-refractivity contribution in [1.29, 1.82) is 0 Å². The van der Waals surface area contributed by atoms with Crippen LogP contribution in [0.3, 0.4) is 0 Å². The summed E-state index contributed by atoms with van der Waals surface area (Å²) in [7, 11) is -1.54. The van der Waals surface area contributed by atoms with Crippen molar-refractivity contribution < 1.29 is 8.42 Å². The Bertz CT molecular complexity index is 221. The van der Waals surface area contributed by atoms with E-state index in [1.165, 1.54) is 4.31 Å². The highest BCUT2D eigenvalue weighted by molar-refractivity contribution is 7.87. The second-order valence-electron chi connectivity index (χ2n) is 2.75. The van der Waals surface area contributed by atoms with E-state index in [0.29, 0.717) is 6.54 Å². The van der Waals surface area contributed by atoms with Gasteiger partial charge in [-0.1, -0.05) is 6.92 Å². The van der Waals surface area contributed by atoms with E-state index >= 15 is 0 Å². The van der Waals surface area contributed by atoms with Gasteiger partial charge in [0.1, 0.15) is 0 Å². The number of nitrogens with one attached hydrogen (secondary N) is 1. The van der Waals surface area contributed by atoms with Crippen LogP contribution in [0.4, 0.5) is 0 Å². The molecule has 66 valence electrons. The van der Waals surface area contributed by atoms with Crippen LogP contribution >= 0.6 is 0 Å². The first kappa shape index (κ1) is 8.96. The van der Waals surface area contributed by atoms with E-state index in [1.54, 1.807) is 14.0 Å². The lowest BCUT2D eigenvalue weighted by Gasteiger charge is -2.15. The highest BCUT2D eigenvalue weighted by Gasteiger charge is 2.33. The molecule has 0 bridgehead atoms. The zero-order valence-corrected chi connectivity index (χ0v) is 7.69. The second kappa shape index (κ2) is 3.08. The first-order valence-corrected chi connectivity index (χ1v) is 5.24. The zero-order chi connectivity index (χ0) is 8.48. The summed E-state index contributed by atoms with van der Waals surface area (Å²) in [5, 5.41) is 0. The fourth-order valence-electron chi connectivity index (χ4n) is 0.919. The molecule has 0 aliphatic heterocycles. The second-order valence-corrected chi connectivity index (χ2v) is 4.57. The quantitative estimate of drug-likeness (QED) is 0.655. The Balaban J connectivity index is 2.55. The molecule has 11 heavy (non-hydrogen) atoms. The van der Waals surface area contributed by atoms with Crippen molar-refractivity contribution in [2.75, 3.05) is 13.6 Å². The van der Waals surface area contributed by atoms with Crippen LogP contribution in [-0.2, 0) is 10.2 Å². The smallest absolute Gasteiger partial charge is 0.202 e. The molecule has 0 amide bonds. The van der Waals surface area contributed by atoms with Gasteiger partial charge in [0.05, 0.1) is 0 Å². The molecule has 0 radical (unpaired) electrons. The maximum atomic E-state index is 11.2. The monoisotopic (exact) mass is 178 g/mol. The molecule has 5 heteroatoms. The minimum atomic E-state index is -3.16. The van der Waals surface area contributed by atoms with E-state index in [0.717, 1.165) is 12.8 Å². The highest BCUT2D eigenvalue weighted by atomic mass is 32.2. The molecule has 1 aliphatic rings. The Labute approximate surface area is 67.8 Å². The SMILES string of the molecule is CCNS(=O)(=O)N(C)C1CC1. The van der Waals surface area contributed by atoms with Gasteiger partial charge < -0.3 is 0 Å². The fraction of sp³-hybridized carbons (Fsp3) is 1.00. The maximum absolute atomic E-state index is 11.2. The van der Waals surface area contributed by atoms with Gasteiger partial charge in [0.15, 0.2) is 0 Å². The van der Waals surface area contributed by atoms with Gasteiger partial charge in [0.25, 0.3) is 10.2 Å². The Hall–Kier alpha value is -0.130. The molecule has 0 heterocycles. The fourth-order valence-corrected chi connectivity index (χ4v) is 2.09. The molecule has 0 aromatic carbocycles. The lowest BCUT2D eigenvalue weighted by molar-refractivity contribution is 0.454. The number of rotatable bonds is 4. The standard InChI is InChI=1S/C6H14N2O2S/c1-3-7-11(9,10)8(2)6-4-5-6/h6-7H,3-5H2,1-2H3. The van der Waals surface area contributed by atoms with Gasteiger partial charge in [0, 0.05) is 19.6 Å². The Morgan fingerprint density at radius 1 is 1.55 bits per heavy atom. The molecule has 0 aromatic heterocycles. The molecule has 1 saturated carbocycles. The topological polar surface area (TPSA) is 49.4 Å².